The molecule has 4 rings (SSSR count). The highest BCUT2D eigenvalue weighted by molar-refractivity contribution is 6.05. The average Bonchev–Trinajstić information content (AvgIpc) is 3.24. The maximum Gasteiger partial charge on any atom is 0.258 e. The molecule has 2 aromatic carbocycles. The quantitative estimate of drug-likeness (QED) is 0.587. The third-order valence-electron chi connectivity index (χ3n) is 5.92. The molecule has 1 fully saturated rings. The number of benzene rings is 2. The molecular formula is C25H27NO3. The van der Waals surface area contributed by atoms with Crippen molar-refractivity contribution in [2.75, 3.05) is 0 Å². The summed E-state index contributed by atoms with van der Waals surface area (Å²) in [5.74, 6) is 0.476. The number of amides is 1. The second-order valence-corrected chi connectivity index (χ2v) is 8.18. The minimum Gasteiger partial charge on any atom is -0.455 e. The van der Waals surface area contributed by atoms with E-state index in [0.29, 0.717) is 27.9 Å². The van der Waals surface area contributed by atoms with Crippen LogP contribution in [0.5, 0.6) is 0 Å². The van der Waals surface area contributed by atoms with Gasteiger partial charge in [-0.15, -0.1) is 0 Å². The number of nitrogens with zero attached hydrogens (tertiary/aromatic N) is 1. The Morgan fingerprint density at radius 3 is 2.38 bits per heavy atom. The molecule has 4 heteroatoms. The molecule has 1 aliphatic carbocycles. The Morgan fingerprint density at radius 2 is 1.72 bits per heavy atom. The number of rotatable bonds is 4. The summed E-state index contributed by atoms with van der Waals surface area (Å²) in [5.41, 5.74) is 2.16. The van der Waals surface area contributed by atoms with Gasteiger partial charge in [-0.2, -0.15) is 0 Å². The van der Waals surface area contributed by atoms with Crippen molar-refractivity contribution in [3.05, 3.63) is 69.9 Å². The summed E-state index contributed by atoms with van der Waals surface area (Å²) in [6.45, 7) is 5.88. The minimum atomic E-state index is -0.0864. The van der Waals surface area contributed by atoms with Gasteiger partial charge >= 0.3 is 0 Å². The Hall–Kier alpha value is -2.88. The van der Waals surface area contributed by atoms with Crippen LogP contribution in [0.25, 0.3) is 22.3 Å². The normalized spacial score (nSPS) is 14.6. The number of hydrogen-bond donors (Lipinski definition) is 0. The first-order valence-corrected chi connectivity index (χ1v) is 10.4. The van der Waals surface area contributed by atoms with Crippen LogP contribution in [0.2, 0.25) is 0 Å². The molecule has 1 aromatic heterocycles. The molecule has 0 N–H and O–H groups in total. The molecule has 0 aliphatic heterocycles. The van der Waals surface area contributed by atoms with Crippen molar-refractivity contribution in [3.8, 4) is 11.3 Å². The van der Waals surface area contributed by atoms with Crippen molar-refractivity contribution >= 4 is 16.9 Å². The fourth-order valence-corrected chi connectivity index (χ4v) is 4.49. The molecule has 1 amide bonds. The van der Waals surface area contributed by atoms with Gasteiger partial charge in [0.05, 0.1) is 10.9 Å². The van der Waals surface area contributed by atoms with Crippen LogP contribution in [-0.2, 0) is 0 Å². The van der Waals surface area contributed by atoms with E-state index < -0.39 is 0 Å². The second-order valence-electron chi connectivity index (χ2n) is 8.18. The van der Waals surface area contributed by atoms with Gasteiger partial charge in [0.1, 0.15) is 5.76 Å². The molecule has 0 spiro atoms. The number of carbonyl (C=O) groups is 1. The number of hydrogen-bond acceptors (Lipinski definition) is 3. The average molecular weight is 389 g/mol. The van der Waals surface area contributed by atoms with Crippen molar-refractivity contribution in [1.29, 1.82) is 0 Å². The van der Waals surface area contributed by atoms with Crippen LogP contribution in [-0.4, -0.2) is 22.9 Å². The van der Waals surface area contributed by atoms with Crippen molar-refractivity contribution in [1.82, 2.24) is 4.90 Å². The summed E-state index contributed by atoms with van der Waals surface area (Å²) in [7, 11) is 0. The van der Waals surface area contributed by atoms with Crippen molar-refractivity contribution in [2.24, 2.45) is 0 Å². The SMILES string of the molecule is Cc1c(-c2ccccc2)oc2c(C(=O)N(C(C)C)C3CCCC3)cccc2c1=O. The first kappa shape index (κ1) is 19.4. The van der Waals surface area contributed by atoms with Crippen LogP contribution in [0.1, 0.15) is 55.5 Å². The van der Waals surface area contributed by atoms with Crippen LogP contribution >= 0.6 is 0 Å². The van der Waals surface area contributed by atoms with Gasteiger partial charge in [-0.05, 0) is 45.7 Å². The molecule has 0 atom stereocenters. The lowest BCUT2D eigenvalue weighted by molar-refractivity contribution is 0.0614. The zero-order chi connectivity index (χ0) is 20.5. The Kier molecular flexibility index (Phi) is 5.27. The van der Waals surface area contributed by atoms with Gasteiger partial charge in [-0.1, -0.05) is 49.2 Å². The van der Waals surface area contributed by atoms with Crippen LogP contribution in [0.15, 0.2) is 57.7 Å². The summed E-state index contributed by atoms with van der Waals surface area (Å²) < 4.78 is 6.26. The largest absolute Gasteiger partial charge is 0.455 e. The smallest absolute Gasteiger partial charge is 0.258 e. The first-order chi connectivity index (χ1) is 14.0. The second kappa shape index (κ2) is 7.86. The van der Waals surface area contributed by atoms with Crippen molar-refractivity contribution < 1.29 is 9.21 Å². The maximum atomic E-state index is 13.6. The van der Waals surface area contributed by atoms with Gasteiger partial charge in [0.15, 0.2) is 11.0 Å². The summed E-state index contributed by atoms with van der Waals surface area (Å²) in [6, 6.07) is 15.2. The Bertz CT molecular complexity index is 1090. The van der Waals surface area contributed by atoms with E-state index in [2.05, 4.69) is 13.8 Å². The molecule has 0 unspecified atom stereocenters. The Morgan fingerprint density at radius 1 is 1.03 bits per heavy atom. The predicted octanol–water partition coefficient (Wildman–Crippen LogP) is 5.56. The molecular weight excluding hydrogens is 362 g/mol. The Balaban J connectivity index is 1.90. The monoisotopic (exact) mass is 389 g/mol. The number of fused-ring (bicyclic) bond motifs is 1. The topological polar surface area (TPSA) is 50.5 Å². The van der Waals surface area contributed by atoms with Gasteiger partial charge in [-0.25, -0.2) is 0 Å². The van der Waals surface area contributed by atoms with Crippen molar-refractivity contribution in [3.63, 3.8) is 0 Å². The van der Waals surface area contributed by atoms with Gasteiger partial charge in [0.25, 0.3) is 5.91 Å². The lowest BCUT2D eigenvalue weighted by Gasteiger charge is -2.33. The zero-order valence-corrected chi connectivity index (χ0v) is 17.3. The van der Waals surface area contributed by atoms with Gasteiger partial charge < -0.3 is 9.32 Å². The summed E-state index contributed by atoms with van der Waals surface area (Å²) in [6.07, 6.45) is 4.38. The molecule has 3 aromatic rings. The van der Waals surface area contributed by atoms with E-state index in [1.165, 1.54) is 0 Å². The predicted molar refractivity (Wildman–Crippen MR) is 116 cm³/mol. The number of carbonyl (C=O) groups excluding carboxylic acids is 1. The van der Waals surface area contributed by atoms with E-state index >= 15 is 0 Å². The molecule has 1 heterocycles. The highest BCUT2D eigenvalue weighted by Crippen LogP contribution is 2.31. The summed E-state index contributed by atoms with van der Waals surface area (Å²) in [5, 5.41) is 0.461. The molecule has 150 valence electrons. The molecule has 4 nitrogen and oxygen atoms in total. The standard InChI is InChI=1S/C25H27NO3/c1-16(2)26(19-12-7-8-13-19)25(28)21-15-9-14-20-22(27)17(3)23(29-24(20)21)18-10-5-4-6-11-18/h4-6,9-11,14-16,19H,7-8,12-13H2,1-3H3. The van der Waals surface area contributed by atoms with E-state index in [-0.39, 0.29) is 23.4 Å². The summed E-state index contributed by atoms with van der Waals surface area (Å²) in [4.78, 5) is 28.6. The fraction of sp³-hybridized carbons (Fsp3) is 0.360. The summed E-state index contributed by atoms with van der Waals surface area (Å²) >= 11 is 0. The lowest BCUT2D eigenvalue weighted by atomic mass is 10.0. The molecule has 29 heavy (non-hydrogen) atoms. The Labute approximate surface area is 171 Å². The molecule has 1 saturated carbocycles. The lowest BCUT2D eigenvalue weighted by Crippen LogP contribution is -2.43. The molecule has 1 aliphatic rings. The van der Waals surface area contributed by atoms with E-state index in [1.54, 1.807) is 25.1 Å². The fourth-order valence-electron chi connectivity index (χ4n) is 4.49. The maximum absolute atomic E-state index is 13.6. The van der Waals surface area contributed by atoms with Gasteiger partial charge in [0, 0.05) is 23.2 Å². The number of para-hydroxylation sites is 1. The van der Waals surface area contributed by atoms with E-state index in [9.17, 15) is 9.59 Å². The van der Waals surface area contributed by atoms with Gasteiger partial charge in [0.2, 0.25) is 0 Å². The third kappa shape index (κ3) is 3.48. The first-order valence-electron chi connectivity index (χ1n) is 10.4. The van der Waals surface area contributed by atoms with Crippen LogP contribution in [0.3, 0.4) is 0 Å². The molecule has 0 bridgehead atoms. The highest BCUT2D eigenvalue weighted by atomic mass is 16.3. The highest BCUT2D eigenvalue weighted by Gasteiger charge is 2.31. The third-order valence-corrected chi connectivity index (χ3v) is 5.92. The van der Waals surface area contributed by atoms with Crippen molar-refractivity contribution in [2.45, 2.75) is 58.5 Å². The molecule has 0 radical (unpaired) electrons. The van der Waals surface area contributed by atoms with Gasteiger partial charge in [-0.3, -0.25) is 9.59 Å². The van der Waals surface area contributed by atoms with E-state index in [0.717, 1.165) is 31.2 Å². The van der Waals surface area contributed by atoms with E-state index in [4.69, 9.17) is 4.42 Å². The van der Waals surface area contributed by atoms with E-state index in [1.807, 2.05) is 35.2 Å². The van der Waals surface area contributed by atoms with Crippen LogP contribution < -0.4 is 5.43 Å². The minimum absolute atomic E-state index is 0.0523. The van der Waals surface area contributed by atoms with Crippen LogP contribution in [0, 0.1) is 6.92 Å². The zero-order valence-electron chi connectivity index (χ0n) is 17.3. The molecule has 0 saturated heterocycles. The van der Waals surface area contributed by atoms with Crippen LogP contribution in [0.4, 0.5) is 0 Å².